The van der Waals surface area contributed by atoms with Crippen molar-refractivity contribution in [1.82, 2.24) is 15.1 Å². The van der Waals surface area contributed by atoms with Crippen LogP contribution in [-0.4, -0.2) is 15.1 Å². The van der Waals surface area contributed by atoms with Crippen LogP contribution in [0.5, 0.6) is 0 Å². The third kappa shape index (κ3) is 1.67. The third-order valence-corrected chi connectivity index (χ3v) is 1.72. The molecule has 0 atom stereocenters. The van der Waals surface area contributed by atoms with Crippen LogP contribution in [0, 0.1) is 6.92 Å². The molecule has 0 bridgehead atoms. The Hall–Kier alpha value is -1.42. The fourth-order valence-corrected chi connectivity index (χ4v) is 1.13. The third-order valence-electron chi connectivity index (χ3n) is 1.51. The molecule has 0 aliphatic rings. The summed E-state index contributed by atoms with van der Waals surface area (Å²) in [5.41, 5.74) is 0.803. The summed E-state index contributed by atoms with van der Waals surface area (Å²) in [4.78, 5) is 7.91. The van der Waals surface area contributed by atoms with Crippen molar-refractivity contribution in [3.63, 3.8) is 0 Å². The molecule has 5 heteroatoms. The van der Waals surface area contributed by atoms with Crippen LogP contribution in [0.4, 0.5) is 0 Å². The lowest BCUT2D eigenvalue weighted by Crippen LogP contribution is -1.82. The molecule has 66 valence electrons. The van der Waals surface area contributed by atoms with Crippen LogP contribution >= 0.6 is 11.6 Å². The highest BCUT2D eigenvalue weighted by Gasteiger charge is 2.05. The van der Waals surface area contributed by atoms with Gasteiger partial charge in [0.05, 0.1) is 0 Å². The lowest BCUT2D eigenvalue weighted by atomic mass is 10.2. The summed E-state index contributed by atoms with van der Waals surface area (Å²) in [7, 11) is 0. The summed E-state index contributed by atoms with van der Waals surface area (Å²) in [5.74, 6) is 1.06. The van der Waals surface area contributed by atoms with E-state index in [1.54, 1.807) is 25.3 Å². The Kier molecular flexibility index (Phi) is 1.98. The molecule has 0 aliphatic heterocycles. The average Bonchev–Trinajstić information content (AvgIpc) is 2.52. The highest BCUT2D eigenvalue weighted by molar-refractivity contribution is 6.29. The zero-order valence-electron chi connectivity index (χ0n) is 6.86. The van der Waals surface area contributed by atoms with Gasteiger partial charge in [0.2, 0.25) is 11.7 Å². The molecular weight excluding hydrogens is 190 g/mol. The number of hydrogen-bond donors (Lipinski definition) is 0. The molecule has 2 aromatic heterocycles. The van der Waals surface area contributed by atoms with Crippen molar-refractivity contribution in [3.8, 4) is 11.4 Å². The Morgan fingerprint density at radius 3 is 2.92 bits per heavy atom. The van der Waals surface area contributed by atoms with E-state index in [1.165, 1.54) is 0 Å². The van der Waals surface area contributed by atoms with E-state index in [9.17, 15) is 0 Å². The molecule has 0 unspecified atom stereocenters. The van der Waals surface area contributed by atoms with E-state index in [1.807, 2.05) is 0 Å². The highest BCUT2D eigenvalue weighted by atomic mass is 35.5. The monoisotopic (exact) mass is 195 g/mol. The number of nitrogens with zero attached hydrogens (tertiary/aromatic N) is 3. The van der Waals surface area contributed by atoms with Crippen LogP contribution in [0.15, 0.2) is 22.9 Å². The summed E-state index contributed by atoms with van der Waals surface area (Å²) in [6.07, 6.45) is 1.60. The number of halogens is 1. The van der Waals surface area contributed by atoms with Crippen LogP contribution < -0.4 is 0 Å². The maximum atomic E-state index is 5.70. The van der Waals surface area contributed by atoms with Crippen molar-refractivity contribution in [2.75, 3.05) is 0 Å². The Labute approximate surface area is 79.6 Å². The van der Waals surface area contributed by atoms with E-state index in [-0.39, 0.29) is 0 Å². The zero-order valence-corrected chi connectivity index (χ0v) is 7.62. The summed E-state index contributed by atoms with van der Waals surface area (Å²) in [6, 6.07) is 3.46. The van der Waals surface area contributed by atoms with Gasteiger partial charge in [0.15, 0.2) is 0 Å². The van der Waals surface area contributed by atoms with Crippen LogP contribution in [0.1, 0.15) is 5.89 Å². The standard InChI is InChI=1S/C8H6ClN3O/c1-5-11-8(12-13-5)6-2-3-10-7(9)4-6/h2-4H,1H3. The number of aryl methyl sites for hydroxylation is 1. The molecule has 0 fully saturated rings. The van der Waals surface area contributed by atoms with Crippen LogP contribution in [0.25, 0.3) is 11.4 Å². The molecule has 0 saturated heterocycles. The smallest absolute Gasteiger partial charge is 0.223 e. The van der Waals surface area contributed by atoms with Gasteiger partial charge in [-0.3, -0.25) is 0 Å². The van der Waals surface area contributed by atoms with Crippen molar-refractivity contribution < 1.29 is 4.52 Å². The molecule has 13 heavy (non-hydrogen) atoms. The highest BCUT2D eigenvalue weighted by Crippen LogP contribution is 2.17. The van der Waals surface area contributed by atoms with Crippen LogP contribution in [0.3, 0.4) is 0 Å². The van der Waals surface area contributed by atoms with Crippen molar-refractivity contribution in [2.45, 2.75) is 6.92 Å². The molecule has 0 aromatic carbocycles. The summed E-state index contributed by atoms with van der Waals surface area (Å²) in [6.45, 7) is 1.74. The number of aromatic nitrogens is 3. The normalized spacial score (nSPS) is 10.3. The molecule has 4 nitrogen and oxygen atoms in total. The molecular formula is C8H6ClN3O. The average molecular weight is 196 g/mol. The Morgan fingerprint density at radius 1 is 1.46 bits per heavy atom. The Bertz CT molecular complexity index is 427. The first-order valence-electron chi connectivity index (χ1n) is 3.68. The summed E-state index contributed by atoms with van der Waals surface area (Å²) < 4.78 is 4.83. The molecule has 0 N–H and O–H groups in total. The van der Waals surface area contributed by atoms with Gasteiger partial charge in [-0.2, -0.15) is 4.98 Å². The van der Waals surface area contributed by atoms with Gasteiger partial charge in [-0.1, -0.05) is 16.8 Å². The minimum absolute atomic E-state index is 0.417. The second-order valence-corrected chi connectivity index (χ2v) is 2.89. The summed E-state index contributed by atoms with van der Waals surface area (Å²) in [5, 5.41) is 4.17. The molecule has 2 aromatic rings. The van der Waals surface area contributed by atoms with E-state index in [2.05, 4.69) is 15.1 Å². The number of pyridine rings is 1. The Morgan fingerprint density at radius 2 is 2.31 bits per heavy atom. The second-order valence-electron chi connectivity index (χ2n) is 2.50. The van der Waals surface area contributed by atoms with Gasteiger partial charge in [-0.25, -0.2) is 4.98 Å². The SMILES string of the molecule is Cc1nc(-c2ccnc(Cl)c2)no1. The second kappa shape index (κ2) is 3.14. The van der Waals surface area contributed by atoms with Gasteiger partial charge in [0, 0.05) is 18.7 Å². The van der Waals surface area contributed by atoms with Crippen molar-refractivity contribution in [2.24, 2.45) is 0 Å². The first-order chi connectivity index (χ1) is 6.25. The molecule has 2 heterocycles. The maximum Gasteiger partial charge on any atom is 0.223 e. The molecule has 0 aliphatic carbocycles. The van der Waals surface area contributed by atoms with Crippen molar-refractivity contribution in [1.29, 1.82) is 0 Å². The Balaban J connectivity index is 2.46. The zero-order chi connectivity index (χ0) is 9.26. The van der Waals surface area contributed by atoms with E-state index < -0.39 is 0 Å². The van der Waals surface area contributed by atoms with Gasteiger partial charge in [-0.15, -0.1) is 0 Å². The molecule has 2 rings (SSSR count). The van der Waals surface area contributed by atoms with Crippen molar-refractivity contribution in [3.05, 3.63) is 29.4 Å². The van der Waals surface area contributed by atoms with Gasteiger partial charge in [0.1, 0.15) is 5.15 Å². The predicted molar refractivity (Wildman–Crippen MR) is 47.3 cm³/mol. The van der Waals surface area contributed by atoms with Gasteiger partial charge >= 0.3 is 0 Å². The van der Waals surface area contributed by atoms with E-state index in [0.717, 1.165) is 5.56 Å². The number of rotatable bonds is 1. The van der Waals surface area contributed by atoms with E-state index in [0.29, 0.717) is 16.9 Å². The van der Waals surface area contributed by atoms with Gasteiger partial charge < -0.3 is 4.52 Å². The fraction of sp³-hybridized carbons (Fsp3) is 0.125. The number of hydrogen-bond acceptors (Lipinski definition) is 4. The predicted octanol–water partition coefficient (Wildman–Crippen LogP) is 2.09. The van der Waals surface area contributed by atoms with E-state index >= 15 is 0 Å². The lowest BCUT2D eigenvalue weighted by molar-refractivity contribution is 0.394. The largest absolute Gasteiger partial charge is 0.339 e. The minimum atomic E-state index is 0.417. The minimum Gasteiger partial charge on any atom is -0.339 e. The molecule has 0 saturated carbocycles. The van der Waals surface area contributed by atoms with Crippen molar-refractivity contribution >= 4 is 11.6 Å². The fourth-order valence-electron chi connectivity index (χ4n) is 0.958. The first-order valence-corrected chi connectivity index (χ1v) is 4.06. The van der Waals surface area contributed by atoms with Crippen LogP contribution in [0.2, 0.25) is 5.15 Å². The lowest BCUT2D eigenvalue weighted by Gasteiger charge is -1.92. The van der Waals surface area contributed by atoms with E-state index in [4.69, 9.17) is 16.1 Å². The maximum absolute atomic E-state index is 5.70. The summed E-state index contributed by atoms with van der Waals surface area (Å²) >= 11 is 5.70. The quantitative estimate of drug-likeness (QED) is 0.654. The topological polar surface area (TPSA) is 51.8 Å². The van der Waals surface area contributed by atoms with Gasteiger partial charge in [-0.05, 0) is 12.1 Å². The molecule has 0 radical (unpaired) electrons. The molecule has 0 spiro atoms. The first kappa shape index (κ1) is 8.19. The van der Waals surface area contributed by atoms with Crippen LogP contribution in [-0.2, 0) is 0 Å². The molecule has 0 amide bonds. The van der Waals surface area contributed by atoms with Gasteiger partial charge in [0.25, 0.3) is 0 Å².